The van der Waals surface area contributed by atoms with Crippen molar-refractivity contribution in [1.82, 2.24) is 19.7 Å². The molecule has 2 aliphatic heterocycles. The maximum absolute atomic E-state index is 14.1. The summed E-state index contributed by atoms with van der Waals surface area (Å²) >= 11 is 1.41. The van der Waals surface area contributed by atoms with Crippen LogP contribution in [-0.2, 0) is 22.4 Å². The number of piperidine rings is 1. The first-order chi connectivity index (χ1) is 17.6. The number of nitrogens with zero attached hydrogens (tertiary/aromatic N) is 4. The maximum atomic E-state index is 14.1. The van der Waals surface area contributed by atoms with Gasteiger partial charge in [-0.25, -0.2) is 18.4 Å². The van der Waals surface area contributed by atoms with E-state index in [1.54, 1.807) is 5.38 Å². The van der Waals surface area contributed by atoms with Crippen molar-refractivity contribution >= 4 is 23.0 Å². The van der Waals surface area contributed by atoms with Crippen molar-refractivity contribution in [2.75, 3.05) is 13.1 Å². The van der Waals surface area contributed by atoms with Gasteiger partial charge in [-0.05, 0) is 25.0 Å². The monoisotopic (exact) mass is 541 g/mol. The van der Waals surface area contributed by atoms with E-state index in [-0.39, 0.29) is 17.9 Å². The molecular formula is C23H20F5N5O3S. The molecule has 1 atom stereocenters. The van der Waals surface area contributed by atoms with Crippen LogP contribution >= 0.6 is 11.3 Å². The van der Waals surface area contributed by atoms with E-state index in [0.29, 0.717) is 48.1 Å². The Labute approximate surface area is 210 Å². The minimum Gasteiger partial charge on any atom is -0.387 e. The molecular weight excluding hydrogens is 521 g/mol. The summed E-state index contributed by atoms with van der Waals surface area (Å²) < 4.78 is 67.1. The van der Waals surface area contributed by atoms with Crippen molar-refractivity contribution < 1.29 is 31.6 Å². The van der Waals surface area contributed by atoms with Gasteiger partial charge in [0.15, 0.2) is 6.10 Å². The van der Waals surface area contributed by atoms with E-state index in [9.17, 15) is 31.5 Å². The third kappa shape index (κ3) is 5.15. The second-order valence-electron chi connectivity index (χ2n) is 8.79. The molecule has 196 valence electrons. The summed E-state index contributed by atoms with van der Waals surface area (Å²) in [4.78, 5) is 35.8. The van der Waals surface area contributed by atoms with Gasteiger partial charge in [0.05, 0.1) is 16.3 Å². The lowest BCUT2D eigenvalue weighted by atomic mass is 9.97. The number of H-pyrrole nitrogens is 1. The minimum absolute atomic E-state index is 0.0515. The number of hydrogen-bond donors (Lipinski definition) is 1. The van der Waals surface area contributed by atoms with Crippen molar-refractivity contribution in [2.24, 2.45) is 5.16 Å². The molecule has 0 aliphatic carbocycles. The van der Waals surface area contributed by atoms with Gasteiger partial charge in [0.1, 0.15) is 29.6 Å². The first-order valence-electron chi connectivity index (χ1n) is 11.4. The number of hydrogen-bond acceptors (Lipinski definition) is 6. The molecule has 1 fully saturated rings. The number of alkyl halides is 3. The predicted molar refractivity (Wildman–Crippen MR) is 122 cm³/mol. The molecule has 1 saturated heterocycles. The van der Waals surface area contributed by atoms with Gasteiger partial charge in [0, 0.05) is 36.9 Å². The SMILES string of the molecule is O=C(Cn1[nH]c(C(F)(F)F)cc1=O)N1CCC(c2nc(C3=NOC(c4c(F)cccc4F)C3)cs2)CC1. The fraction of sp³-hybridized carbons (Fsp3) is 0.391. The lowest BCUT2D eigenvalue weighted by Gasteiger charge is -2.31. The summed E-state index contributed by atoms with van der Waals surface area (Å²) in [6.07, 6.45) is -4.25. The summed E-state index contributed by atoms with van der Waals surface area (Å²) in [7, 11) is 0. The van der Waals surface area contributed by atoms with Crippen LogP contribution < -0.4 is 5.56 Å². The van der Waals surface area contributed by atoms with Crippen LogP contribution in [0.1, 0.15) is 53.2 Å². The normalized spacial score (nSPS) is 18.7. The predicted octanol–water partition coefficient (Wildman–Crippen LogP) is 4.20. The molecule has 2 aromatic heterocycles. The third-order valence-electron chi connectivity index (χ3n) is 6.39. The van der Waals surface area contributed by atoms with Crippen molar-refractivity contribution in [3.8, 4) is 0 Å². The number of benzene rings is 1. The Morgan fingerprint density at radius 1 is 1.19 bits per heavy atom. The molecule has 3 aromatic rings. The fourth-order valence-corrected chi connectivity index (χ4v) is 5.42. The quantitative estimate of drug-likeness (QED) is 0.490. The summed E-state index contributed by atoms with van der Waals surface area (Å²) in [5.41, 5.74) is -1.26. The average molecular weight is 542 g/mol. The lowest BCUT2D eigenvalue weighted by Crippen LogP contribution is -2.41. The largest absolute Gasteiger partial charge is 0.432 e. The van der Waals surface area contributed by atoms with Crippen LogP contribution in [0.15, 0.2) is 39.6 Å². The van der Waals surface area contributed by atoms with Crippen LogP contribution in [0.4, 0.5) is 22.0 Å². The van der Waals surface area contributed by atoms with E-state index in [4.69, 9.17) is 4.84 Å². The highest BCUT2D eigenvalue weighted by Crippen LogP contribution is 2.35. The van der Waals surface area contributed by atoms with E-state index in [1.807, 2.05) is 5.10 Å². The highest BCUT2D eigenvalue weighted by molar-refractivity contribution is 7.10. The van der Waals surface area contributed by atoms with Crippen molar-refractivity contribution in [2.45, 2.75) is 44.0 Å². The molecule has 0 spiro atoms. The molecule has 1 aromatic carbocycles. The highest BCUT2D eigenvalue weighted by Gasteiger charge is 2.34. The molecule has 0 saturated carbocycles. The van der Waals surface area contributed by atoms with Gasteiger partial charge in [-0.2, -0.15) is 13.2 Å². The Morgan fingerprint density at radius 3 is 2.54 bits per heavy atom. The number of amides is 1. The van der Waals surface area contributed by atoms with Crippen molar-refractivity contribution in [3.05, 3.63) is 73.6 Å². The number of likely N-dealkylation sites (tertiary alicyclic amines) is 1. The van der Waals surface area contributed by atoms with Gasteiger partial charge >= 0.3 is 6.18 Å². The van der Waals surface area contributed by atoms with Gasteiger partial charge in [0.25, 0.3) is 5.56 Å². The zero-order valence-corrected chi connectivity index (χ0v) is 19.9. The number of carbonyl (C=O) groups is 1. The second-order valence-corrected chi connectivity index (χ2v) is 9.68. The number of carbonyl (C=O) groups excluding carboxylic acids is 1. The summed E-state index contributed by atoms with van der Waals surface area (Å²) in [5, 5.41) is 8.53. The molecule has 0 radical (unpaired) electrons. The standard InChI is InChI=1S/C23H20F5N5O3S/c24-13-2-1-3-14(25)21(13)17-8-15(31-36-17)16-11-37-22(29-16)12-4-6-32(7-5-12)20(35)10-33-19(34)9-18(30-33)23(26,27)28/h1-3,9,11-12,17,30H,4-8,10H2. The Morgan fingerprint density at radius 2 is 1.89 bits per heavy atom. The van der Waals surface area contributed by atoms with Crippen LogP contribution in [0.5, 0.6) is 0 Å². The van der Waals surface area contributed by atoms with Gasteiger partial charge in [-0.3, -0.25) is 14.7 Å². The zero-order chi connectivity index (χ0) is 26.3. The summed E-state index contributed by atoms with van der Waals surface area (Å²) in [6.45, 7) is 0.210. The number of nitrogens with one attached hydrogen (secondary N) is 1. The summed E-state index contributed by atoms with van der Waals surface area (Å²) in [6, 6.07) is 4.02. The molecule has 37 heavy (non-hydrogen) atoms. The summed E-state index contributed by atoms with van der Waals surface area (Å²) in [5.74, 6) is -1.82. The van der Waals surface area contributed by atoms with Crippen molar-refractivity contribution in [1.29, 1.82) is 0 Å². The van der Waals surface area contributed by atoms with Crippen LogP contribution in [0.25, 0.3) is 0 Å². The van der Waals surface area contributed by atoms with Crippen LogP contribution in [0, 0.1) is 11.6 Å². The maximum Gasteiger partial charge on any atom is 0.432 e. The molecule has 14 heteroatoms. The van der Waals surface area contributed by atoms with Gasteiger partial charge < -0.3 is 9.74 Å². The molecule has 4 heterocycles. The fourth-order valence-electron chi connectivity index (χ4n) is 4.42. The highest BCUT2D eigenvalue weighted by atomic mass is 32.1. The molecule has 5 rings (SSSR count). The molecule has 1 unspecified atom stereocenters. The van der Waals surface area contributed by atoms with Gasteiger partial charge in [-0.1, -0.05) is 11.2 Å². The van der Waals surface area contributed by atoms with Gasteiger partial charge in [0.2, 0.25) is 5.91 Å². The Balaban J connectivity index is 1.17. The molecule has 1 amide bonds. The van der Waals surface area contributed by atoms with E-state index in [1.165, 1.54) is 22.3 Å². The number of rotatable bonds is 5. The minimum atomic E-state index is -4.70. The smallest absolute Gasteiger partial charge is 0.387 e. The number of halogens is 5. The van der Waals surface area contributed by atoms with Crippen LogP contribution in [0.3, 0.4) is 0 Å². The van der Waals surface area contributed by atoms with E-state index in [2.05, 4.69) is 10.1 Å². The molecule has 2 aliphatic rings. The average Bonchev–Trinajstić information content (AvgIpc) is 3.59. The Kier molecular flexibility index (Phi) is 6.60. The van der Waals surface area contributed by atoms with E-state index >= 15 is 0 Å². The van der Waals surface area contributed by atoms with E-state index < -0.39 is 47.6 Å². The third-order valence-corrected chi connectivity index (χ3v) is 7.40. The lowest BCUT2D eigenvalue weighted by molar-refractivity contribution is -0.142. The number of aromatic amines is 1. The number of aromatic nitrogens is 3. The van der Waals surface area contributed by atoms with E-state index in [0.717, 1.165) is 17.1 Å². The first kappa shape index (κ1) is 25.1. The topological polar surface area (TPSA) is 92.6 Å². The van der Waals surface area contributed by atoms with Crippen LogP contribution in [-0.4, -0.2) is 44.4 Å². The molecule has 8 nitrogen and oxygen atoms in total. The first-order valence-corrected chi connectivity index (χ1v) is 12.3. The second kappa shape index (κ2) is 9.72. The number of oxime groups is 1. The number of thiazole rings is 1. The van der Waals surface area contributed by atoms with Gasteiger partial charge in [-0.15, -0.1) is 11.3 Å². The molecule has 0 bridgehead atoms. The zero-order valence-electron chi connectivity index (χ0n) is 19.1. The molecule has 1 N–H and O–H groups in total. The van der Waals surface area contributed by atoms with Crippen molar-refractivity contribution in [3.63, 3.8) is 0 Å². The Bertz CT molecular complexity index is 1380. The Hall–Kier alpha value is -3.55. The van der Waals surface area contributed by atoms with Crippen LogP contribution in [0.2, 0.25) is 0 Å².